The summed E-state index contributed by atoms with van der Waals surface area (Å²) in [7, 11) is 1.20. The Labute approximate surface area is 101 Å². The lowest BCUT2D eigenvalue weighted by atomic mass is 9.97. The molecule has 0 aliphatic heterocycles. The molecule has 0 spiro atoms. The summed E-state index contributed by atoms with van der Waals surface area (Å²) >= 11 is 1.12. The maximum atomic E-state index is 11.6. The molecule has 0 aliphatic rings. The van der Waals surface area contributed by atoms with Gasteiger partial charge in [0.25, 0.3) is 0 Å². The molecular weight excluding hydrogens is 228 g/mol. The SMILES string of the molecule is CC[C@](O)(CC(=O)SC(C)(C)C)C(=O)OC. The highest BCUT2D eigenvalue weighted by Crippen LogP contribution is 2.29. The highest BCUT2D eigenvalue weighted by atomic mass is 32.2. The quantitative estimate of drug-likeness (QED) is 0.768. The van der Waals surface area contributed by atoms with Crippen LogP contribution in [0.2, 0.25) is 0 Å². The molecule has 94 valence electrons. The largest absolute Gasteiger partial charge is 0.467 e. The zero-order valence-corrected chi connectivity index (χ0v) is 11.3. The van der Waals surface area contributed by atoms with E-state index >= 15 is 0 Å². The molecule has 5 heteroatoms. The van der Waals surface area contributed by atoms with Crippen LogP contribution in [0, 0.1) is 0 Å². The van der Waals surface area contributed by atoms with Crippen molar-refractivity contribution >= 4 is 22.8 Å². The van der Waals surface area contributed by atoms with Crippen molar-refractivity contribution in [2.45, 2.75) is 50.9 Å². The van der Waals surface area contributed by atoms with Gasteiger partial charge in [-0.05, 0) is 6.42 Å². The van der Waals surface area contributed by atoms with Gasteiger partial charge < -0.3 is 9.84 Å². The highest BCUT2D eigenvalue weighted by Gasteiger charge is 2.38. The summed E-state index contributed by atoms with van der Waals surface area (Å²) in [5.41, 5.74) is -1.69. The lowest BCUT2D eigenvalue weighted by Crippen LogP contribution is -2.41. The summed E-state index contributed by atoms with van der Waals surface area (Å²) in [6, 6.07) is 0. The normalized spacial score (nSPS) is 15.4. The third-order valence-electron chi connectivity index (χ3n) is 2.01. The molecule has 0 radical (unpaired) electrons. The molecule has 0 bridgehead atoms. The summed E-state index contributed by atoms with van der Waals surface area (Å²) in [4.78, 5) is 23.0. The summed E-state index contributed by atoms with van der Waals surface area (Å²) in [6.45, 7) is 7.35. The molecule has 1 N–H and O–H groups in total. The van der Waals surface area contributed by atoms with E-state index in [1.54, 1.807) is 6.92 Å². The first kappa shape index (κ1) is 15.4. The van der Waals surface area contributed by atoms with Gasteiger partial charge in [0.05, 0.1) is 13.5 Å². The number of methoxy groups -OCH3 is 1. The maximum absolute atomic E-state index is 11.6. The Hall–Kier alpha value is -0.550. The van der Waals surface area contributed by atoms with Crippen LogP contribution in [-0.4, -0.2) is 33.6 Å². The first-order valence-electron chi connectivity index (χ1n) is 5.17. The van der Waals surface area contributed by atoms with Gasteiger partial charge in [0, 0.05) is 4.75 Å². The smallest absolute Gasteiger partial charge is 0.338 e. The van der Waals surface area contributed by atoms with Gasteiger partial charge in [-0.15, -0.1) is 0 Å². The van der Waals surface area contributed by atoms with Gasteiger partial charge in [-0.25, -0.2) is 4.79 Å². The summed E-state index contributed by atoms with van der Waals surface area (Å²) in [5, 5.41) is 9.74. The second-order valence-electron chi connectivity index (χ2n) is 4.64. The van der Waals surface area contributed by atoms with Crippen LogP contribution in [0.5, 0.6) is 0 Å². The van der Waals surface area contributed by atoms with E-state index in [2.05, 4.69) is 4.74 Å². The Morgan fingerprint density at radius 1 is 1.31 bits per heavy atom. The standard InChI is InChI=1S/C11H20O4S/c1-6-11(14,9(13)15-5)7-8(12)16-10(2,3)4/h14H,6-7H2,1-5H3/t11-/m0/s1. The van der Waals surface area contributed by atoms with Gasteiger partial charge in [-0.3, -0.25) is 4.79 Å². The van der Waals surface area contributed by atoms with Crippen LogP contribution in [0.3, 0.4) is 0 Å². The van der Waals surface area contributed by atoms with E-state index in [0.717, 1.165) is 11.8 Å². The molecule has 0 aromatic rings. The predicted octanol–water partition coefficient (Wildman–Crippen LogP) is 1.75. The van der Waals surface area contributed by atoms with E-state index in [-0.39, 0.29) is 22.7 Å². The lowest BCUT2D eigenvalue weighted by molar-refractivity contribution is -0.164. The molecule has 0 aromatic heterocycles. The van der Waals surface area contributed by atoms with E-state index < -0.39 is 11.6 Å². The summed E-state index contributed by atoms with van der Waals surface area (Å²) < 4.78 is 4.27. The van der Waals surface area contributed by atoms with Crippen molar-refractivity contribution in [3.05, 3.63) is 0 Å². The van der Waals surface area contributed by atoms with Gasteiger partial charge in [0.2, 0.25) is 0 Å². The van der Waals surface area contributed by atoms with Crippen molar-refractivity contribution in [2.24, 2.45) is 0 Å². The van der Waals surface area contributed by atoms with Gasteiger partial charge in [0.15, 0.2) is 10.7 Å². The monoisotopic (exact) mass is 248 g/mol. The van der Waals surface area contributed by atoms with Crippen LogP contribution in [-0.2, 0) is 14.3 Å². The Kier molecular flexibility index (Phi) is 5.49. The van der Waals surface area contributed by atoms with Crippen LogP contribution in [0.4, 0.5) is 0 Å². The number of rotatable bonds is 4. The average molecular weight is 248 g/mol. The average Bonchev–Trinajstić information content (AvgIpc) is 2.13. The molecule has 0 unspecified atom stereocenters. The molecule has 0 aliphatic carbocycles. The number of thioether (sulfide) groups is 1. The second-order valence-corrected chi connectivity index (χ2v) is 6.52. The first-order valence-corrected chi connectivity index (χ1v) is 5.99. The minimum absolute atomic E-state index is 0.163. The molecule has 0 fully saturated rings. The maximum Gasteiger partial charge on any atom is 0.338 e. The van der Waals surface area contributed by atoms with Gasteiger partial charge >= 0.3 is 5.97 Å². The van der Waals surface area contributed by atoms with Crippen LogP contribution >= 0.6 is 11.8 Å². The molecule has 16 heavy (non-hydrogen) atoms. The number of esters is 1. The summed E-state index contributed by atoms with van der Waals surface area (Å²) in [6.07, 6.45) is -0.0474. The third kappa shape index (κ3) is 4.99. The molecule has 0 heterocycles. The first-order chi connectivity index (χ1) is 7.14. The zero-order chi connectivity index (χ0) is 13.0. The highest BCUT2D eigenvalue weighted by molar-refractivity contribution is 8.14. The topological polar surface area (TPSA) is 63.6 Å². The molecular formula is C11H20O4S. The minimum atomic E-state index is -1.69. The lowest BCUT2D eigenvalue weighted by Gasteiger charge is -2.24. The fraction of sp³-hybridized carbons (Fsp3) is 0.818. The van der Waals surface area contributed by atoms with Crippen LogP contribution in [0.15, 0.2) is 0 Å². The predicted molar refractivity (Wildman–Crippen MR) is 64.2 cm³/mol. The van der Waals surface area contributed by atoms with Crippen LogP contribution in [0.1, 0.15) is 40.5 Å². The molecule has 0 amide bonds. The van der Waals surface area contributed by atoms with Crippen LogP contribution in [0.25, 0.3) is 0 Å². The molecule has 1 atom stereocenters. The Morgan fingerprint density at radius 2 is 1.81 bits per heavy atom. The van der Waals surface area contributed by atoms with E-state index in [1.807, 2.05) is 20.8 Å². The molecule has 0 rings (SSSR count). The molecule has 0 saturated carbocycles. The number of hydrogen-bond donors (Lipinski definition) is 1. The van der Waals surface area contributed by atoms with Gasteiger partial charge in [0.1, 0.15) is 0 Å². The molecule has 4 nitrogen and oxygen atoms in total. The Balaban J connectivity index is 4.55. The fourth-order valence-corrected chi connectivity index (χ4v) is 2.14. The second kappa shape index (κ2) is 5.68. The summed E-state index contributed by atoms with van der Waals surface area (Å²) in [5.74, 6) is -0.752. The molecule has 0 saturated heterocycles. The van der Waals surface area contributed by atoms with E-state index in [9.17, 15) is 14.7 Å². The van der Waals surface area contributed by atoms with E-state index in [1.165, 1.54) is 7.11 Å². The minimum Gasteiger partial charge on any atom is -0.467 e. The molecule has 0 aromatic carbocycles. The van der Waals surface area contributed by atoms with Crippen molar-refractivity contribution in [1.82, 2.24) is 0 Å². The number of carbonyl (C=O) groups excluding carboxylic acids is 2. The van der Waals surface area contributed by atoms with Gasteiger partial charge in [-0.2, -0.15) is 0 Å². The number of ether oxygens (including phenoxy) is 1. The fourth-order valence-electron chi connectivity index (χ4n) is 1.15. The number of carbonyl (C=O) groups is 2. The number of hydrogen-bond acceptors (Lipinski definition) is 5. The third-order valence-corrected chi connectivity index (χ3v) is 2.99. The van der Waals surface area contributed by atoms with E-state index in [0.29, 0.717) is 0 Å². The zero-order valence-electron chi connectivity index (χ0n) is 10.5. The van der Waals surface area contributed by atoms with Crippen molar-refractivity contribution in [3.8, 4) is 0 Å². The van der Waals surface area contributed by atoms with Crippen LogP contribution < -0.4 is 0 Å². The van der Waals surface area contributed by atoms with Crippen molar-refractivity contribution < 1.29 is 19.4 Å². The van der Waals surface area contributed by atoms with Gasteiger partial charge in [-0.1, -0.05) is 39.5 Å². The Morgan fingerprint density at radius 3 is 2.12 bits per heavy atom. The number of aliphatic hydroxyl groups is 1. The van der Waals surface area contributed by atoms with Crippen molar-refractivity contribution in [3.63, 3.8) is 0 Å². The van der Waals surface area contributed by atoms with Crippen molar-refractivity contribution in [1.29, 1.82) is 0 Å². The van der Waals surface area contributed by atoms with E-state index in [4.69, 9.17) is 0 Å². The Bertz CT molecular complexity index is 270. The van der Waals surface area contributed by atoms with Crippen molar-refractivity contribution in [2.75, 3.05) is 7.11 Å².